The maximum Gasteiger partial charge on any atom is 0.150 e. The predicted octanol–water partition coefficient (Wildman–Crippen LogP) is 3.45. The zero-order valence-electron chi connectivity index (χ0n) is 13.8. The number of aliphatic imine (C=N–C) groups is 1. The molecule has 1 aromatic heterocycles. The molecule has 4 aliphatic heterocycles. The van der Waals surface area contributed by atoms with Gasteiger partial charge in [-0.2, -0.15) is 5.10 Å². The predicted molar refractivity (Wildman–Crippen MR) is 97.0 cm³/mol. The molecule has 6 nitrogen and oxygen atoms in total. The van der Waals surface area contributed by atoms with Crippen LogP contribution in [0.4, 0.5) is 0 Å². The molecule has 0 N–H and O–H groups in total. The topological polar surface area (TPSA) is 51.9 Å². The number of rotatable bonds is 2. The average Bonchev–Trinajstić information content (AvgIpc) is 3.26. The molecule has 0 spiro atoms. The summed E-state index contributed by atoms with van der Waals surface area (Å²) in [7, 11) is 0. The van der Waals surface area contributed by atoms with E-state index in [1.165, 1.54) is 17.7 Å². The van der Waals surface area contributed by atoms with E-state index >= 15 is 0 Å². The van der Waals surface area contributed by atoms with Gasteiger partial charge >= 0.3 is 0 Å². The van der Waals surface area contributed by atoms with Gasteiger partial charge in [-0.1, -0.05) is 0 Å². The molecule has 1 atom stereocenters. The quantitative estimate of drug-likeness (QED) is 0.759. The van der Waals surface area contributed by atoms with Crippen molar-refractivity contribution >= 4 is 21.8 Å². The van der Waals surface area contributed by atoms with Crippen molar-refractivity contribution in [3.05, 3.63) is 51.7 Å². The first kappa shape index (κ1) is 15.4. The van der Waals surface area contributed by atoms with Crippen LogP contribution in [0, 0.1) is 0 Å². The fourth-order valence-electron chi connectivity index (χ4n) is 3.84. The second kappa shape index (κ2) is 6.14. The molecule has 0 bridgehead atoms. The van der Waals surface area contributed by atoms with Crippen LogP contribution in [-0.2, 0) is 9.47 Å². The molecule has 1 fully saturated rings. The van der Waals surface area contributed by atoms with Crippen molar-refractivity contribution in [2.75, 3.05) is 19.8 Å². The Hall–Kier alpha value is -1.86. The van der Waals surface area contributed by atoms with Crippen LogP contribution in [-0.4, -0.2) is 40.3 Å². The normalized spacial score (nSPS) is 25.7. The van der Waals surface area contributed by atoms with E-state index in [-0.39, 0.29) is 6.23 Å². The van der Waals surface area contributed by atoms with E-state index in [9.17, 15) is 0 Å². The number of hydrogen-bond acceptors (Lipinski definition) is 5. The lowest BCUT2D eigenvalue weighted by atomic mass is 10.1. The van der Waals surface area contributed by atoms with E-state index in [1.54, 1.807) is 6.26 Å². The molecule has 0 saturated carbocycles. The van der Waals surface area contributed by atoms with Gasteiger partial charge in [0.1, 0.15) is 18.7 Å². The Bertz CT molecular complexity index is 830. The van der Waals surface area contributed by atoms with Gasteiger partial charge in [-0.3, -0.25) is 0 Å². The van der Waals surface area contributed by atoms with Crippen molar-refractivity contribution in [1.82, 2.24) is 14.7 Å². The summed E-state index contributed by atoms with van der Waals surface area (Å²) in [5.74, 6) is 0.956. The van der Waals surface area contributed by atoms with Gasteiger partial charge in [0.2, 0.25) is 0 Å². The van der Waals surface area contributed by atoms with Gasteiger partial charge in [-0.15, -0.1) is 0 Å². The van der Waals surface area contributed by atoms with Crippen molar-refractivity contribution in [3.8, 4) is 0 Å². The fraction of sp³-hybridized carbons (Fsp3) is 0.444. The average molecular weight is 403 g/mol. The van der Waals surface area contributed by atoms with Crippen molar-refractivity contribution in [2.24, 2.45) is 4.99 Å². The number of allylic oxidation sites excluding steroid dienone is 1. The molecule has 0 amide bonds. The van der Waals surface area contributed by atoms with Gasteiger partial charge in [0.15, 0.2) is 0 Å². The molecule has 1 saturated heterocycles. The van der Waals surface area contributed by atoms with Crippen molar-refractivity contribution < 1.29 is 9.47 Å². The molecule has 130 valence electrons. The SMILES string of the molecule is BrC1=COCC2=C3C1=CN=C(c1cnn(C4CCCCO4)c1)N3CC2. The standard InChI is InChI=1S/C18H19BrN4O2/c19-15-11-24-10-12-4-5-22-17(12)14(15)8-20-18(22)13-7-21-23(9-13)16-3-1-2-6-25-16/h7-9,11,16H,1-6,10H2. The molecule has 1 unspecified atom stereocenters. The lowest BCUT2D eigenvalue weighted by Crippen LogP contribution is -2.31. The summed E-state index contributed by atoms with van der Waals surface area (Å²) in [6.45, 7) is 2.38. The summed E-state index contributed by atoms with van der Waals surface area (Å²) in [5, 5.41) is 4.54. The van der Waals surface area contributed by atoms with Crippen LogP contribution in [0.2, 0.25) is 0 Å². The number of halogens is 1. The summed E-state index contributed by atoms with van der Waals surface area (Å²) >= 11 is 3.60. The minimum absolute atomic E-state index is 0.0505. The number of nitrogens with zero attached hydrogens (tertiary/aromatic N) is 4. The summed E-state index contributed by atoms with van der Waals surface area (Å²) in [4.78, 5) is 7.03. The molecule has 4 aliphatic rings. The monoisotopic (exact) mass is 402 g/mol. The first-order chi connectivity index (χ1) is 12.3. The van der Waals surface area contributed by atoms with Crippen LogP contribution < -0.4 is 0 Å². The summed E-state index contributed by atoms with van der Waals surface area (Å²) in [5.41, 5.74) is 4.68. The van der Waals surface area contributed by atoms with E-state index in [4.69, 9.17) is 14.5 Å². The Morgan fingerprint density at radius 1 is 1.28 bits per heavy atom. The van der Waals surface area contributed by atoms with Gasteiger partial charge in [0.05, 0.1) is 28.2 Å². The Balaban J connectivity index is 1.50. The third-order valence-electron chi connectivity index (χ3n) is 5.08. The lowest BCUT2D eigenvalue weighted by Gasteiger charge is -2.28. The molecule has 0 radical (unpaired) electrons. The van der Waals surface area contributed by atoms with E-state index in [1.807, 2.05) is 17.1 Å². The Morgan fingerprint density at radius 3 is 3.12 bits per heavy atom. The molecule has 25 heavy (non-hydrogen) atoms. The van der Waals surface area contributed by atoms with Gasteiger partial charge in [0.25, 0.3) is 0 Å². The summed E-state index contributed by atoms with van der Waals surface area (Å²) < 4.78 is 14.4. The maximum atomic E-state index is 5.84. The molecule has 5 heterocycles. The minimum Gasteiger partial charge on any atom is -0.496 e. The third kappa shape index (κ3) is 2.57. The molecule has 0 aliphatic carbocycles. The van der Waals surface area contributed by atoms with Gasteiger partial charge in [-0.25, -0.2) is 9.67 Å². The van der Waals surface area contributed by atoms with Crippen LogP contribution in [0.1, 0.15) is 37.5 Å². The fourth-order valence-corrected chi connectivity index (χ4v) is 4.26. The van der Waals surface area contributed by atoms with Gasteiger partial charge in [-0.05, 0) is 47.2 Å². The second-order valence-electron chi connectivity index (χ2n) is 6.66. The van der Waals surface area contributed by atoms with Crippen LogP contribution in [0.3, 0.4) is 0 Å². The number of ether oxygens (including phenoxy) is 2. The maximum absolute atomic E-state index is 5.84. The Morgan fingerprint density at radius 2 is 2.24 bits per heavy atom. The van der Waals surface area contributed by atoms with Crippen molar-refractivity contribution in [1.29, 1.82) is 0 Å². The minimum atomic E-state index is 0.0505. The summed E-state index contributed by atoms with van der Waals surface area (Å²) in [6, 6.07) is 0. The first-order valence-corrected chi connectivity index (χ1v) is 9.52. The van der Waals surface area contributed by atoms with Crippen molar-refractivity contribution in [3.63, 3.8) is 0 Å². The van der Waals surface area contributed by atoms with E-state index in [2.05, 4.69) is 32.1 Å². The van der Waals surface area contributed by atoms with Crippen molar-refractivity contribution in [2.45, 2.75) is 31.9 Å². The largest absolute Gasteiger partial charge is 0.496 e. The second-order valence-corrected chi connectivity index (χ2v) is 7.51. The molecule has 5 rings (SSSR count). The Kier molecular flexibility index (Phi) is 3.78. The Labute approximate surface area is 154 Å². The highest BCUT2D eigenvalue weighted by Crippen LogP contribution is 2.40. The van der Waals surface area contributed by atoms with E-state index in [0.717, 1.165) is 53.9 Å². The van der Waals surface area contributed by atoms with Crippen LogP contribution in [0.25, 0.3) is 0 Å². The molecule has 7 heteroatoms. The number of amidine groups is 1. The number of hydrogen-bond donors (Lipinski definition) is 0. The van der Waals surface area contributed by atoms with Crippen LogP contribution in [0.15, 0.2) is 51.2 Å². The van der Waals surface area contributed by atoms with E-state index < -0.39 is 0 Å². The highest BCUT2D eigenvalue weighted by Gasteiger charge is 2.34. The van der Waals surface area contributed by atoms with Gasteiger partial charge in [0, 0.05) is 31.1 Å². The lowest BCUT2D eigenvalue weighted by molar-refractivity contribution is -0.0394. The third-order valence-corrected chi connectivity index (χ3v) is 5.69. The highest BCUT2D eigenvalue weighted by atomic mass is 79.9. The van der Waals surface area contributed by atoms with Gasteiger partial charge < -0.3 is 14.4 Å². The smallest absolute Gasteiger partial charge is 0.150 e. The van der Waals surface area contributed by atoms with Crippen LogP contribution in [0.5, 0.6) is 0 Å². The van der Waals surface area contributed by atoms with E-state index in [0.29, 0.717) is 6.61 Å². The molecule has 0 aromatic carbocycles. The van der Waals surface area contributed by atoms with Crippen LogP contribution >= 0.6 is 15.9 Å². The summed E-state index contributed by atoms with van der Waals surface area (Å²) in [6.07, 6.45) is 12.0. The molecular weight excluding hydrogens is 384 g/mol. The molecular formula is C18H19BrN4O2. The zero-order chi connectivity index (χ0) is 16.8. The number of aromatic nitrogens is 2. The molecule has 1 aromatic rings. The highest BCUT2D eigenvalue weighted by molar-refractivity contribution is 9.12. The first-order valence-electron chi connectivity index (χ1n) is 8.73. The zero-order valence-corrected chi connectivity index (χ0v) is 15.4.